The Balaban J connectivity index is 1.73. The molecular formula is C16H9Cl3O2S. The van der Waals surface area contributed by atoms with Gasteiger partial charge in [0.15, 0.2) is 5.60 Å². The van der Waals surface area contributed by atoms with E-state index in [4.69, 9.17) is 39.5 Å². The van der Waals surface area contributed by atoms with Gasteiger partial charge in [-0.05, 0) is 29.8 Å². The molecule has 0 saturated carbocycles. The van der Waals surface area contributed by atoms with Gasteiger partial charge in [0.2, 0.25) is 5.78 Å². The molecule has 2 aliphatic heterocycles. The molecule has 1 spiro atoms. The lowest BCUT2D eigenvalue weighted by Crippen LogP contribution is -2.32. The van der Waals surface area contributed by atoms with E-state index in [0.717, 1.165) is 10.5 Å². The first-order valence-electron chi connectivity index (χ1n) is 6.62. The molecule has 2 aliphatic rings. The van der Waals surface area contributed by atoms with Crippen LogP contribution in [0.15, 0.2) is 41.3 Å². The monoisotopic (exact) mass is 370 g/mol. The molecule has 2 aromatic carbocycles. The van der Waals surface area contributed by atoms with Crippen molar-refractivity contribution < 1.29 is 9.53 Å². The van der Waals surface area contributed by atoms with Gasteiger partial charge in [-0.2, -0.15) is 0 Å². The Bertz CT molecular complexity index is 791. The third kappa shape index (κ3) is 2.11. The Labute approximate surface area is 146 Å². The number of carbonyl (C=O) groups is 1. The highest BCUT2D eigenvalue weighted by Gasteiger charge is 2.65. The summed E-state index contributed by atoms with van der Waals surface area (Å²) in [6.07, 6.45) is -0.257. The zero-order chi connectivity index (χ0) is 15.5. The van der Waals surface area contributed by atoms with Crippen LogP contribution in [0.25, 0.3) is 0 Å². The number of benzene rings is 2. The maximum Gasteiger partial charge on any atom is 0.201 e. The molecule has 2 atom stereocenters. The summed E-state index contributed by atoms with van der Waals surface area (Å²) >= 11 is 19.8. The Morgan fingerprint density at radius 1 is 1.05 bits per heavy atom. The van der Waals surface area contributed by atoms with Crippen LogP contribution in [0.4, 0.5) is 0 Å². The Morgan fingerprint density at radius 2 is 1.73 bits per heavy atom. The molecule has 2 nitrogen and oxygen atoms in total. The first kappa shape index (κ1) is 14.9. The summed E-state index contributed by atoms with van der Waals surface area (Å²) in [5.41, 5.74) is 0.585. The standard InChI is InChI=1S/C16H9Cl3O2S/c17-9-3-1-8(2-4-9)15-16(21-15)7-22-13-11(19)6-5-10(18)12(13)14(16)20/h1-6,15H,7H2. The summed E-state index contributed by atoms with van der Waals surface area (Å²) in [6, 6.07) is 10.7. The van der Waals surface area contributed by atoms with E-state index in [2.05, 4.69) is 0 Å². The number of epoxide rings is 1. The minimum Gasteiger partial charge on any atom is -0.351 e. The average Bonchev–Trinajstić information content (AvgIpc) is 3.23. The number of Topliss-reactive ketones (excluding diaryl/α,β-unsaturated/α-hetero) is 1. The number of rotatable bonds is 1. The van der Waals surface area contributed by atoms with Gasteiger partial charge in [-0.3, -0.25) is 4.79 Å². The maximum atomic E-state index is 12.9. The summed E-state index contributed by atoms with van der Waals surface area (Å²) in [6.45, 7) is 0. The second kappa shape index (κ2) is 5.15. The summed E-state index contributed by atoms with van der Waals surface area (Å²) in [7, 11) is 0. The van der Waals surface area contributed by atoms with Crippen LogP contribution in [0.2, 0.25) is 15.1 Å². The molecule has 1 fully saturated rings. The molecule has 0 amide bonds. The lowest BCUT2D eigenvalue weighted by atomic mass is 9.92. The zero-order valence-electron chi connectivity index (χ0n) is 11.1. The molecule has 0 bridgehead atoms. The van der Waals surface area contributed by atoms with E-state index >= 15 is 0 Å². The molecule has 0 aromatic heterocycles. The predicted octanol–water partition coefficient (Wildman–Crippen LogP) is 5.45. The van der Waals surface area contributed by atoms with Crippen molar-refractivity contribution in [2.45, 2.75) is 16.6 Å². The molecule has 4 rings (SSSR count). The summed E-state index contributed by atoms with van der Waals surface area (Å²) in [5, 5.41) is 1.63. The lowest BCUT2D eigenvalue weighted by molar-refractivity contribution is 0.0885. The molecule has 22 heavy (non-hydrogen) atoms. The largest absolute Gasteiger partial charge is 0.351 e. The molecule has 2 heterocycles. The van der Waals surface area contributed by atoms with Gasteiger partial charge in [-0.25, -0.2) is 0 Å². The van der Waals surface area contributed by atoms with Crippen LogP contribution in [0, 0.1) is 0 Å². The van der Waals surface area contributed by atoms with E-state index in [0.29, 0.717) is 26.4 Å². The van der Waals surface area contributed by atoms with Crippen molar-refractivity contribution in [3.63, 3.8) is 0 Å². The molecule has 1 saturated heterocycles. The Morgan fingerprint density at radius 3 is 2.45 bits per heavy atom. The summed E-state index contributed by atoms with van der Waals surface area (Å²) in [4.78, 5) is 13.7. The van der Waals surface area contributed by atoms with Gasteiger partial charge in [-0.15, -0.1) is 11.8 Å². The fourth-order valence-corrected chi connectivity index (χ4v) is 4.78. The average molecular weight is 372 g/mol. The van der Waals surface area contributed by atoms with Crippen molar-refractivity contribution in [2.75, 3.05) is 5.75 Å². The molecule has 112 valence electrons. The molecule has 2 aromatic rings. The van der Waals surface area contributed by atoms with Crippen LogP contribution in [0.3, 0.4) is 0 Å². The first-order chi connectivity index (χ1) is 10.5. The molecule has 0 aliphatic carbocycles. The predicted molar refractivity (Wildman–Crippen MR) is 89.5 cm³/mol. The number of thioether (sulfide) groups is 1. The quantitative estimate of drug-likeness (QED) is 0.625. The van der Waals surface area contributed by atoms with Crippen LogP contribution in [0.1, 0.15) is 22.0 Å². The minimum absolute atomic E-state index is 0.0892. The van der Waals surface area contributed by atoms with Crippen LogP contribution in [0.5, 0.6) is 0 Å². The number of ketones is 1. The van der Waals surface area contributed by atoms with Crippen molar-refractivity contribution >= 4 is 52.3 Å². The molecular weight excluding hydrogens is 363 g/mol. The summed E-state index contributed by atoms with van der Waals surface area (Å²) < 4.78 is 5.82. The van der Waals surface area contributed by atoms with Crippen molar-refractivity contribution in [2.24, 2.45) is 0 Å². The van der Waals surface area contributed by atoms with Gasteiger partial charge in [0.1, 0.15) is 6.10 Å². The van der Waals surface area contributed by atoms with E-state index in [1.165, 1.54) is 11.8 Å². The van der Waals surface area contributed by atoms with E-state index in [-0.39, 0.29) is 11.9 Å². The highest BCUT2D eigenvalue weighted by atomic mass is 35.5. The second-order valence-corrected chi connectivity index (χ2v) is 7.53. The van der Waals surface area contributed by atoms with Crippen molar-refractivity contribution in [1.82, 2.24) is 0 Å². The van der Waals surface area contributed by atoms with Crippen molar-refractivity contribution in [1.29, 1.82) is 0 Å². The summed E-state index contributed by atoms with van der Waals surface area (Å²) in [5.74, 6) is 0.445. The normalized spacial score (nSPS) is 26.1. The molecule has 0 radical (unpaired) electrons. The number of carbonyl (C=O) groups excluding carboxylic acids is 1. The maximum absolute atomic E-state index is 12.9. The molecule has 2 unspecified atom stereocenters. The smallest absolute Gasteiger partial charge is 0.201 e. The van der Waals surface area contributed by atoms with E-state index in [1.807, 2.05) is 12.1 Å². The van der Waals surface area contributed by atoms with Crippen LogP contribution >= 0.6 is 46.6 Å². The number of fused-ring (bicyclic) bond motifs is 1. The SMILES string of the molecule is O=C1c2c(Cl)ccc(Cl)c2SCC12OC2c1ccc(Cl)cc1. The Kier molecular flexibility index (Phi) is 3.48. The number of hydrogen-bond donors (Lipinski definition) is 0. The van der Waals surface area contributed by atoms with Gasteiger partial charge in [0.05, 0.1) is 15.6 Å². The zero-order valence-corrected chi connectivity index (χ0v) is 14.2. The lowest BCUT2D eigenvalue weighted by Gasteiger charge is -2.22. The Hall–Kier alpha value is -0.710. The van der Waals surface area contributed by atoms with Crippen LogP contribution in [-0.2, 0) is 4.74 Å². The van der Waals surface area contributed by atoms with E-state index in [9.17, 15) is 4.79 Å². The number of ether oxygens (including phenoxy) is 1. The number of hydrogen-bond acceptors (Lipinski definition) is 3. The molecule has 6 heteroatoms. The highest BCUT2D eigenvalue weighted by Crippen LogP contribution is 2.58. The topological polar surface area (TPSA) is 29.6 Å². The van der Waals surface area contributed by atoms with E-state index in [1.54, 1.807) is 24.3 Å². The molecule has 0 N–H and O–H groups in total. The van der Waals surface area contributed by atoms with Gasteiger partial charge >= 0.3 is 0 Å². The fraction of sp³-hybridized carbons (Fsp3) is 0.188. The van der Waals surface area contributed by atoms with Crippen LogP contribution in [-0.4, -0.2) is 17.1 Å². The third-order valence-electron chi connectivity index (χ3n) is 3.97. The van der Waals surface area contributed by atoms with Gasteiger partial charge in [0, 0.05) is 15.7 Å². The minimum atomic E-state index is -0.834. The van der Waals surface area contributed by atoms with Gasteiger partial charge < -0.3 is 4.74 Å². The van der Waals surface area contributed by atoms with Crippen LogP contribution < -0.4 is 0 Å². The van der Waals surface area contributed by atoms with Gasteiger partial charge in [0.25, 0.3) is 0 Å². The first-order valence-corrected chi connectivity index (χ1v) is 8.74. The van der Waals surface area contributed by atoms with E-state index < -0.39 is 5.60 Å². The second-order valence-electron chi connectivity index (χ2n) is 5.29. The third-order valence-corrected chi connectivity index (χ3v) is 6.25. The highest BCUT2D eigenvalue weighted by molar-refractivity contribution is 7.99. The van der Waals surface area contributed by atoms with Crippen molar-refractivity contribution in [3.05, 3.63) is 62.6 Å². The van der Waals surface area contributed by atoms with Gasteiger partial charge in [-0.1, -0.05) is 46.9 Å². The van der Waals surface area contributed by atoms with Crippen molar-refractivity contribution in [3.8, 4) is 0 Å². The fourth-order valence-electron chi connectivity index (χ4n) is 2.78. The number of halogens is 3.